The number of rotatable bonds is 4. The first kappa shape index (κ1) is 16.5. The van der Waals surface area contributed by atoms with Crippen LogP contribution in [-0.2, 0) is 6.54 Å². The Bertz CT molecular complexity index is 863. The van der Waals surface area contributed by atoms with Crippen molar-refractivity contribution in [2.75, 3.05) is 26.2 Å². The van der Waals surface area contributed by atoms with Crippen LogP contribution in [0.5, 0.6) is 0 Å². The molecule has 0 atom stereocenters. The van der Waals surface area contributed by atoms with E-state index in [0.717, 1.165) is 36.7 Å². The molecular formula is C19H22N6O. The van der Waals surface area contributed by atoms with Gasteiger partial charge >= 0.3 is 0 Å². The standard InChI is InChI=1S/C19H22N6O/c1-15-13-25(16-5-3-2-4-6-16)22-18(15)19(26)24-11-9-23(10-12-24)14-17-20-7-8-21-17/h2-8,13H,9-12,14H2,1H3,(H,20,21). The summed E-state index contributed by atoms with van der Waals surface area (Å²) >= 11 is 0. The van der Waals surface area contributed by atoms with Gasteiger partial charge in [0.15, 0.2) is 5.69 Å². The van der Waals surface area contributed by atoms with Gasteiger partial charge in [-0.15, -0.1) is 0 Å². The van der Waals surface area contributed by atoms with Crippen LogP contribution in [0.25, 0.3) is 5.69 Å². The highest BCUT2D eigenvalue weighted by molar-refractivity contribution is 5.93. The Balaban J connectivity index is 1.41. The maximum atomic E-state index is 12.9. The summed E-state index contributed by atoms with van der Waals surface area (Å²) in [7, 11) is 0. The number of hydrogen-bond donors (Lipinski definition) is 1. The maximum absolute atomic E-state index is 12.9. The predicted molar refractivity (Wildman–Crippen MR) is 98.1 cm³/mol. The summed E-state index contributed by atoms with van der Waals surface area (Å²) in [6.07, 6.45) is 5.51. The molecule has 0 bridgehead atoms. The summed E-state index contributed by atoms with van der Waals surface area (Å²) in [6, 6.07) is 9.86. The van der Waals surface area contributed by atoms with Crippen LogP contribution in [0.2, 0.25) is 0 Å². The average Bonchev–Trinajstić information content (AvgIpc) is 3.32. The summed E-state index contributed by atoms with van der Waals surface area (Å²) in [5.74, 6) is 0.969. The summed E-state index contributed by atoms with van der Waals surface area (Å²) in [6.45, 7) is 5.81. The Labute approximate surface area is 152 Å². The van der Waals surface area contributed by atoms with Crippen LogP contribution in [-0.4, -0.2) is 61.6 Å². The molecule has 0 unspecified atom stereocenters. The van der Waals surface area contributed by atoms with Gasteiger partial charge in [0.1, 0.15) is 5.82 Å². The van der Waals surface area contributed by atoms with Gasteiger partial charge in [-0.3, -0.25) is 9.69 Å². The first-order chi connectivity index (χ1) is 12.7. The van der Waals surface area contributed by atoms with Crippen molar-refractivity contribution < 1.29 is 4.79 Å². The fraction of sp³-hybridized carbons (Fsp3) is 0.316. The topological polar surface area (TPSA) is 70.1 Å². The van der Waals surface area contributed by atoms with Crippen molar-refractivity contribution in [3.05, 3.63) is 66.0 Å². The minimum absolute atomic E-state index is 0.00910. The second kappa shape index (κ2) is 7.13. The number of aromatic amines is 1. The molecule has 1 N–H and O–H groups in total. The van der Waals surface area contributed by atoms with E-state index in [-0.39, 0.29) is 5.91 Å². The molecule has 1 aliphatic heterocycles. The van der Waals surface area contributed by atoms with Crippen LogP contribution < -0.4 is 0 Å². The van der Waals surface area contributed by atoms with Crippen LogP contribution in [0.3, 0.4) is 0 Å². The number of benzene rings is 1. The van der Waals surface area contributed by atoms with Gasteiger partial charge in [-0.2, -0.15) is 5.10 Å². The van der Waals surface area contributed by atoms with Crippen LogP contribution in [0.15, 0.2) is 48.9 Å². The molecular weight excluding hydrogens is 328 g/mol. The molecule has 3 aromatic rings. The first-order valence-electron chi connectivity index (χ1n) is 8.82. The fourth-order valence-electron chi connectivity index (χ4n) is 3.24. The van der Waals surface area contributed by atoms with Crippen molar-refractivity contribution in [1.82, 2.24) is 29.5 Å². The summed E-state index contributed by atoms with van der Waals surface area (Å²) in [5.41, 5.74) is 2.39. The van der Waals surface area contributed by atoms with Crippen molar-refractivity contribution in [2.45, 2.75) is 13.5 Å². The Hall–Kier alpha value is -2.93. The van der Waals surface area contributed by atoms with Gasteiger partial charge in [0.25, 0.3) is 5.91 Å². The van der Waals surface area contributed by atoms with E-state index in [1.54, 1.807) is 10.9 Å². The molecule has 1 aromatic carbocycles. The van der Waals surface area contributed by atoms with Gasteiger partial charge in [-0.05, 0) is 19.1 Å². The number of imidazole rings is 1. The van der Waals surface area contributed by atoms with E-state index in [2.05, 4.69) is 20.0 Å². The highest BCUT2D eigenvalue weighted by Gasteiger charge is 2.25. The third kappa shape index (κ3) is 3.39. The number of carbonyl (C=O) groups excluding carboxylic acids is 1. The summed E-state index contributed by atoms with van der Waals surface area (Å²) in [5, 5.41) is 4.53. The van der Waals surface area contributed by atoms with E-state index in [4.69, 9.17) is 0 Å². The summed E-state index contributed by atoms with van der Waals surface area (Å²) in [4.78, 5) is 24.5. The van der Waals surface area contributed by atoms with E-state index in [9.17, 15) is 4.79 Å². The lowest BCUT2D eigenvalue weighted by Crippen LogP contribution is -2.48. The molecule has 2 aromatic heterocycles. The number of carbonyl (C=O) groups is 1. The number of aryl methyl sites for hydroxylation is 1. The lowest BCUT2D eigenvalue weighted by Gasteiger charge is -2.34. The van der Waals surface area contributed by atoms with Crippen LogP contribution in [0.1, 0.15) is 21.9 Å². The van der Waals surface area contributed by atoms with Crippen LogP contribution in [0, 0.1) is 6.92 Å². The zero-order valence-corrected chi connectivity index (χ0v) is 14.8. The Morgan fingerprint density at radius 2 is 1.92 bits per heavy atom. The monoisotopic (exact) mass is 350 g/mol. The molecule has 0 spiro atoms. The molecule has 7 nitrogen and oxygen atoms in total. The molecule has 26 heavy (non-hydrogen) atoms. The van der Waals surface area contributed by atoms with Crippen LogP contribution >= 0.6 is 0 Å². The van der Waals surface area contributed by atoms with E-state index in [1.807, 2.05) is 54.5 Å². The SMILES string of the molecule is Cc1cn(-c2ccccc2)nc1C(=O)N1CCN(Cc2ncc[nH]2)CC1. The van der Waals surface area contributed by atoms with Gasteiger partial charge in [0.05, 0.1) is 12.2 Å². The van der Waals surface area contributed by atoms with Crippen molar-refractivity contribution in [2.24, 2.45) is 0 Å². The number of hydrogen-bond acceptors (Lipinski definition) is 4. The number of amides is 1. The molecule has 1 amide bonds. The molecule has 0 saturated carbocycles. The second-order valence-corrected chi connectivity index (χ2v) is 6.55. The molecule has 0 radical (unpaired) electrons. The molecule has 4 rings (SSSR count). The Morgan fingerprint density at radius 1 is 1.15 bits per heavy atom. The fourth-order valence-corrected chi connectivity index (χ4v) is 3.24. The third-order valence-corrected chi connectivity index (χ3v) is 4.71. The van der Waals surface area contributed by atoms with E-state index in [1.165, 1.54) is 0 Å². The lowest BCUT2D eigenvalue weighted by molar-refractivity contribution is 0.0619. The molecule has 3 heterocycles. The quantitative estimate of drug-likeness (QED) is 0.780. The van der Waals surface area contributed by atoms with E-state index in [0.29, 0.717) is 18.8 Å². The Kier molecular flexibility index (Phi) is 4.53. The van der Waals surface area contributed by atoms with Crippen molar-refractivity contribution >= 4 is 5.91 Å². The highest BCUT2D eigenvalue weighted by atomic mass is 16.2. The third-order valence-electron chi connectivity index (χ3n) is 4.71. The molecule has 0 aliphatic carbocycles. The van der Waals surface area contributed by atoms with Crippen molar-refractivity contribution in [1.29, 1.82) is 0 Å². The maximum Gasteiger partial charge on any atom is 0.274 e. The van der Waals surface area contributed by atoms with Crippen molar-refractivity contribution in [3.8, 4) is 5.69 Å². The number of aromatic nitrogens is 4. The molecule has 7 heteroatoms. The normalized spacial score (nSPS) is 15.3. The van der Waals surface area contributed by atoms with Crippen molar-refractivity contribution in [3.63, 3.8) is 0 Å². The minimum atomic E-state index is 0.00910. The molecule has 1 saturated heterocycles. The Morgan fingerprint density at radius 3 is 2.62 bits per heavy atom. The number of H-pyrrole nitrogens is 1. The van der Waals surface area contributed by atoms with Gasteiger partial charge in [0.2, 0.25) is 0 Å². The largest absolute Gasteiger partial charge is 0.348 e. The zero-order chi connectivity index (χ0) is 17.9. The van der Waals surface area contributed by atoms with Gasteiger partial charge in [-0.25, -0.2) is 9.67 Å². The number of piperazine rings is 1. The molecule has 134 valence electrons. The number of para-hydroxylation sites is 1. The lowest BCUT2D eigenvalue weighted by atomic mass is 10.2. The van der Waals surface area contributed by atoms with E-state index >= 15 is 0 Å². The minimum Gasteiger partial charge on any atom is -0.348 e. The summed E-state index contributed by atoms with van der Waals surface area (Å²) < 4.78 is 1.77. The molecule has 1 fully saturated rings. The first-order valence-corrected chi connectivity index (χ1v) is 8.82. The van der Waals surface area contributed by atoms with Crippen LogP contribution in [0.4, 0.5) is 0 Å². The van der Waals surface area contributed by atoms with E-state index < -0.39 is 0 Å². The number of nitrogens with one attached hydrogen (secondary N) is 1. The molecule has 1 aliphatic rings. The van der Waals surface area contributed by atoms with Gasteiger partial charge in [0, 0.05) is 50.3 Å². The average molecular weight is 350 g/mol. The smallest absolute Gasteiger partial charge is 0.274 e. The predicted octanol–water partition coefficient (Wildman–Crippen LogP) is 1.86. The number of nitrogens with zero attached hydrogens (tertiary/aromatic N) is 5. The second-order valence-electron chi connectivity index (χ2n) is 6.55. The zero-order valence-electron chi connectivity index (χ0n) is 14.8. The van der Waals surface area contributed by atoms with Gasteiger partial charge in [-0.1, -0.05) is 18.2 Å². The highest BCUT2D eigenvalue weighted by Crippen LogP contribution is 2.15. The van der Waals surface area contributed by atoms with Gasteiger partial charge < -0.3 is 9.88 Å².